The highest BCUT2D eigenvalue weighted by Gasteiger charge is 2.10. The van der Waals surface area contributed by atoms with Crippen molar-refractivity contribution in [3.05, 3.63) is 47.5 Å². The van der Waals surface area contributed by atoms with E-state index in [1.165, 1.54) is 4.90 Å². The molecule has 0 saturated carbocycles. The number of aromatic nitrogens is 1. The Morgan fingerprint density at radius 1 is 1.33 bits per heavy atom. The third kappa shape index (κ3) is 3.35. The number of hydrogen-bond donors (Lipinski definition) is 1. The zero-order valence-corrected chi connectivity index (χ0v) is 14.5. The maximum absolute atomic E-state index is 11.9. The summed E-state index contributed by atoms with van der Waals surface area (Å²) in [6, 6.07) is 13.0. The molecular formula is C18H14ClN3OS. The summed E-state index contributed by atoms with van der Waals surface area (Å²) >= 11 is 7.75. The fourth-order valence-electron chi connectivity index (χ4n) is 2.16. The number of benzene rings is 2. The molecule has 4 nitrogen and oxygen atoms in total. The van der Waals surface area contributed by atoms with Crippen LogP contribution in [0.15, 0.2) is 42.5 Å². The van der Waals surface area contributed by atoms with Gasteiger partial charge in [0.2, 0.25) is 0 Å². The van der Waals surface area contributed by atoms with E-state index in [9.17, 15) is 4.79 Å². The molecule has 0 saturated heterocycles. The van der Waals surface area contributed by atoms with Crippen LogP contribution in [0.5, 0.6) is 0 Å². The topological polar surface area (TPSA) is 45.2 Å². The second-order valence-electron chi connectivity index (χ2n) is 5.17. The number of carbonyl (C=O) groups excluding carboxylic acids is 1. The van der Waals surface area contributed by atoms with Gasteiger partial charge in [0.05, 0.1) is 21.8 Å². The van der Waals surface area contributed by atoms with Crippen LogP contribution in [-0.2, 0) is 0 Å². The number of urea groups is 1. The largest absolute Gasteiger partial charge is 0.322 e. The summed E-state index contributed by atoms with van der Waals surface area (Å²) in [7, 11) is 1.65. The van der Waals surface area contributed by atoms with Gasteiger partial charge in [0, 0.05) is 18.3 Å². The smallest absolute Gasteiger partial charge is 0.316 e. The quantitative estimate of drug-likeness (QED) is 0.691. The van der Waals surface area contributed by atoms with E-state index in [2.05, 4.69) is 16.2 Å². The highest BCUT2D eigenvalue weighted by atomic mass is 35.5. The van der Waals surface area contributed by atoms with Crippen molar-refractivity contribution in [3.63, 3.8) is 0 Å². The molecule has 1 heterocycles. The fraction of sp³-hybridized carbons (Fsp3) is 0.111. The number of terminal acetylenes is 1. The molecule has 0 spiro atoms. The number of halogens is 1. The van der Waals surface area contributed by atoms with Crippen LogP contribution in [0.1, 0.15) is 0 Å². The van der Waals surface area contributed by atoms with E-state index >= 15 is 0 Å². The van der Waals surface area contributed by atoms with Crippen LogP contribution in [0.4, 0.5) is 10.5 Å². The fourth-order valence-corrected chi connectivity index (χ4v) is 3.42. The summed E-state index contributed by atoms with van der Waals surface area (Å²) in [5.74, 6) is 2.43. The number of rotatable bonds is 3. The van der Waals surface area contributed by atoms with Crippen molar-refractivity contribution in [2.24, 2.45) is 0 Å². The van der Waals surface area contributed by atoms with Gasteiger partial charge in [-0.05, 0) is 36.4 Å². The Kier molecular flexibility index (Phi) is 4.70. The molecule has 1 N–H and O–H groups in total. The van der Waals surface area contributed by atoms with E-state index in [1.54, 1.807) is 18.4 Å². The third-order valence-electron chi connectivity index (χ3n) is 3.43. The average Bonchev–Trinajstić information content (AvgIpc) is 3.01. The molecule has 6 heteroatoms. The summed E-state index contributed by atoms with van der Waals surface area (Å²) in [5.41, 5.74) is 2.56. The normalized spacial score (nSPS) is 10.4. The number of carbonyl (C=O) groups is 1. The average molecular weight is 356 g/mol. The van der Waals surface area contributed by atoms with Gasteiger partial charge in [-0.2, -0.15) is 0 Å². The molecule has 24 heavy (non-hydrogen) atoms. The van der Waals surface area contributed by atoms with E-state index in [-0.39, 0.29) is 12.6 Å². The van der Waals surface area contributed by atoms with Crippen LogP contribution in [0, 0.1) is 12.3 Å². The summed E-state index contributed by atoms with van der Waals surface area (Å²) in [5, 5.41) is 4.39. The predicted octanol–water partition coefficient (Wildman–Crippen LogP) is 4.71. The second kappa shape index (κ2) is 6.91. The van der Waals surface area contributed by atoms with Crippen LogP contribution in [-0.4, -0.2) is 29.5 Å². The summed E-state index contributed by atoms with van der Waals surface area (Å²) in [6.45, 7) is 0.260. The Balaban J connectivity index is 1.80. The molecule has 2 amide bonds. The third-order valence-corrected chi connectivity index (χ3v) is 5.01. The predicted molar refractivity (Wildman–Crippen MR) is 101 cm³/mol. The number of anilines is 1. The molecule has 3 rings (SSSR count). The number of hydrogen-bond acceptors (Lipinski definition) is 3. The molecule has 0 radical (unpaired) electrons. The van der Waals surface area contributed by atoms with E-state index in [4.69, 9.17) is 18.0 Å². The molecule has 0 unspecified atom stereocenters. The van der Waals surface area contributed by atoms with Crippen LogP contribution in [0.3, 0.4) is 0 Å². The van der Waals surface area contributed by atoms with Gasteiger partial charge in [-0.3, -0.25) is 0 Å². The first-order valence-corrected chi connectivity index (χ1v) is 8.39. The lowest BCUT2D eigenvalue weighted by Gasteiger charge is -2.14. The number of amides is 2. The van der Waals surface area contributed by atoms with Gasteiger partial charge >= 0.3 is 6.03 Å². The number of nitrogens with zero attached hydrogens (tertiary/aromatic N) is 2. The molecular weight excluding hydrogens is 342 g/mol. The minimum atomic E-state index is -0.243. The lowest BCUT2D eigenvalue weighted by atomic mass is 10.2. The number of thiazole rings is 1. The molecule has 0 aliphatic heterocycles. The van der Waals surface area contributed by atoms with E-state index in [0.717, 1.165) is 20.8 Å². The van der Waals surface area contributed by atoms with Crippen molar-refractivity contribution < 1.29 is 4.79 Å². The SMILES string of the molecule is C#CCN(C)C(=O)Nc1ccc(-c2nc3cccc(Cl)c3s2)cc1. The lowest BCUT2D eigenvalue weighted by Crippen LogP contribution is -2.31. The van der Waals surface area contributed by atoms with Crippen LogP contribution in [0.2, 0.25) is 5.02 Å². The first kappa shape index (κ1) is 16.3. The summed E-state index contributed by atoms with van der Waals surface area (Å²) in [4.78, 5) is 17.9. The highest BCUT2D eigenvalue weighted by Crippen LogP contribution is 2.34. The minimum absolute atomic E-state index is 0.243. The van der Waals surface area contributed by atoms with Crippen LogP contribution < -0.4 is 5.32 Å². The molecule has 0 fully saturated rings. The van der Waals surface area contributed by atoms with E-state index < -0.39 is 0 Å². The van der Waals surface area contributed by atoms with Gasteiger partial charge in [-0.25, -0.2) is 9.78 Å². The van der Waals surface area contributed by atoms with Gasteiger partial charge in [0.15, 0.2) is 0 Å². The van der Waals surface area contributed by atoms with Crippen molar-refractivity contribution in [2.45, 2.75) is 0 Å². The van der Waals surface area contributed by atoms with E-state index in [0.29, 0.717) is 10.7 Å². The Morgan fingerprint density at radius 2 is 2.08 bits per heavy atom. The van der Waals surface area contributed by atoms with Gasteiger partial charge in [-0.15, -0.1) is 17.8 Å². The van der Waals surface area contributed by atoms with Gasteiger partial charge in [0.1, 0.15) is 5.01 Å². The van der Waals surface area contributed by atoms with Crippen LogP contribution in [0.25, 0.3) is 20.8 Å². The van der Waals surface area contributed by atoms with Crippen molar-refractivity contribution >= 4 is 44.9 Å². The minimum Gasteiger partial charge on any atom is -0.316 e. The Labute approximate surface area is 149 Å². The number of fused-ring (bicyclic) bond motifs is 1. The van der Waals surface area contributed by atoms with Crippen molar-refractivity contribution in [1.82, 2.24) is 9.88 Å². The standard InChI is InChI=1S/C18H14ClN3OS/c1-3-11-22(2)18(23)20-13-9-7-12(8-10-13)17-21-15-6-4-5-14(19)16(15)24-17/h1,4-10H,11H2,2H3,(H,20,23). The molecule has 0 bridgehead atoms. The molecule has 0 aliphatic rings. The first-order valence-electron chi connectivity index (χ1n) is 7.19. The zero-order valence-electron chi connectivity index (χ0n) is 12.9. The molecule has 0 aliphatic carbocycles. The Morgan fingerprint density at radius 3 is 2.75 bits per heavy atom. The Bertz CT molecular complexity index is 928. The van der Waals surface area contributed by atoms with Crippen molar-refractivity contribution in [2.75, 3.05) is 18.9 Å². The van der Waals surface area contributed by atoms with Gasteiger partial charge in [-0.1, -0.05) is 23.6 Å². The van der Waals surface area contributed by atoms with Gasteiger partial charge < -0.3 is 10.2 Å². The molecule has 120 valence electrons. The second-order valence-corrected chi connectivity index (χ2v) is 6.58. The molecule has 1 aromatic heterocycles. The Hall–Kier alpha value is -2.55. The zero-order chi connectivity index (χ0) is 17.1. The van der Waals surface area contributed by atoms with Gasteiger partial charge in [0.25, 0.3) is 0 Å². The van der Waals surface area contributed by atoms with Crippen LogP contribution >= 0.6 is 22.9 Å². The maximum atomic E-state index is 11.9. The first-order chi connectivity index (χ1) is 11.6. The maximum Gasteiger partial charge on any atom is 0.322 e. The lowest BCUT2D eigenvalue weighted by molar-refractivity contribution is 0.227. The highest BCUT2D eigenvalue weighted by molar-refractivity contribution is 7.22. The molecule has 0 atom stereocenters. The molecule has 2 aromatic carbocycles. The van der Waals surface area contributed by atoms with Crippen molar-refractivity contribution in [3.8, 4) is 22.9 Å². The monoisotopic (exact) mass is 355 g/mol. The summed E-state index contributed by atoms with van der Waals surface area (Å²) in [6.07, 6.45) is 5.20. The number of nitrogens with one attached hydrogen (secondary N) is 1. The molecule has 3 aromatic rings. The van der Waals surface area contributed by atoms with E-state index in [1.807, 2.05) is 42.5 Å². The summed E-state index contributed by atoms with van der Waals surface area (Å²) < 4.78 is 0.974. The van der Waals surface area contributed by atoms with Crippen molar-refractivity contribution in [1.29, 1.82) is 0 Å².